The summed E-state index contributed by atoms with van der Waals surface area (Å²) in [6, 6.07) is 8.85. The molecule has 3 aliphatic rings. The highest BCUT2D eigenvalue weighted by molar-refractivity contribution is 5.27. The highest BCUT2D eigenvalue weighted by atomic mass is 16.3. The third kappa shape index (κ3) is 2.30. The first-order valence-corrected chi connectivity index (χ1v) is 8.57. The van der Waals surface area contributed by atoms with Gasteiger partial charge in [0, 0.05) is 0 Å². The van der Waals surface area contributed by atoms with E-state index in [-0.39, 0.29) is 6.10 Å². The molecule has 0 amide bonds. The van der Waals surface area contributed by atoms with Gasteiger partial charge in [0.25, 0.3) is 0 Å². The molecule has 108 valence electrons. The van der Waals surface area contributed by atoms with Crippen LogP contribution in [0.2, 0.25) is 0 Å². The van der Waals surface area contributed by atoms with Crippen LogP contribution in [0.5, 0.6) is 0 Å². The van der Waals surface area contributed by atoms with Crippen molar-refractivity contribution in [2.45, 2.75) is 63.4 Å². The van der Waals surface area contributed by atoms with E-state index in [4.69, 9.17) is 0 Å². The van der Waals surface area contributed by atoms with Gasteiger partial charge < -0.3 is 5.11 Å². The second kappa shape index (κ2) is 5.18. The van der Waals surface area contributed by atoms with Gasteiger partial charge in [0.05, 0.1) is 6.10 Å². The number of benzene rings is 1. The average molecular weight is 270 g/mol. The summed E-state index contributed by atoms with van der Waals surface area (Å²) >= 11 is 0. The Bertz CT molecular complexity index is 459. The van der Waals surface area contributed by atoms with Crippen molar-refractivity contribution in [2.75, 3.05) is 0 Å². The van der Waals surface area contributed by atoms with Gasteiger partial charge >= 0.3 is 0 Å². The molecule has 0 saturated heterocycles. The molecule has 0 aliphatic heterocycles. The molecule has 4 rings (SSSR count). The molecular formula is C19H26O. The third-order valence-corrected chi connectivity index (χ3v) is 6.31. The highest BCUT2D eigenvalue weighted by Gasteiger charge is 2.40. The zero-order chi connectivity index (χ0) is 13.5. The number of hydrogen-bond acceptors (Lipinski definition) is 1. The summed E-state index contributed by atoms with van der Waals surface area (Å²) in [6.07, 6.45) is 10.5. The zero-order valence-electron chi connectivity index (χ0n) is 12.3. The molecule has 1 N–H and O–H groups in total. The Morgan fingerprint density at radius 1 is 1.00 bits per heavy atom. The fourth-order valence-corrected chi connectivity index (χ4v) is 4.82. The Morgan fingerprint density at radius 3 is 2.35 bits per heavy atom. The zero-order valence-corrected chi connectivity index (χ0v) is 12.3. The number of aliphatic hydroxyl groups excluding tert-OH is 1. The van der Waals surface area contributed by atoms with E-state index in [9.17, 15) is 5.11 Å². The van der Waals surface area contributed by atoms with Gasteiger partial charge in [0.15, 0.2) is 0 Å². The molecule has 1 aromatic rings. The molecule has 1 heteroatoms. The van der Waals surface area contributed by atoms with E-state index >= 15 is 0 Å². The summed E-state index contributed by atoms with van der Waals surface area (Å²) in [5.41, 5.74) is 2.61. The summed E-state index contributed by atoms with van der Waals surface area (Å²) in [5, 5.41) is 10.5. The van der Waals surface area contributed by atoms with Gasteiger partial charge in [-0.2, -0.15) is 0 Å². The van der Waals surface area contributed by atoms with Gasteiger partial charge in [-0.05, 0) is 73.3 Å². The van der Waals surface area contributed by atoms with Crippen molar-refractivity contribution in [1.82, 2.24) is 0 Å². The van der Waals surface area contributed by atoms with E-state index in [1.807, 2.05) is 0 Å². The van der Waals surface area contributed by atoms with Crippen LogP contribution in [0.25, 0.3) is 0 Å². The van der Waals surface area contributed by atoms with Crippen LogP contribution in [-0.4, -0.2) is 5.11 Å². The normalized spacial score (nSPS) is 34.1. The predicted molar refractivity (Wildman–Crippen MR) is 81.5 cm³/mol. The summed E-state index contributed by atoms with van der Waals surface area (Å²) in [7, 11) is 0. The van der Waals surface area contributed by atoms with Crippen molar-refractivity contribution >= 4 is 0 Å². The monoisotopic (exact) mass is 270 g/mol. The third-order valence-electron chi connectivity index (χ3n) is 6.31. The van der Waals surface area contributed by atoms with Crippen LogP contribution >= 0.6 is 0 Å². The summed E-state index contributed by atoms with van der Waals surface area (Å²) in [4.78, 5) is 0. The summed E-state index contributed by atoms with van der Waals surface area (Å²) in [5.74, 6) is 3.49. The lowest BCUT2D eigenvalue weighted by Gasteiger charge is -2.27. The van der Waals surface area contributed by atoms with Crippen molar-refractivity contribution in [3.63, 3.8) is 0 Å². The molecule has 0 heterocycles. The molecule has 0 radical (unpaired) electrons. The standard InChI is InChI=1S/C19H26O/c20-19(12-18-11-13-4-5-17(18)10-13)16-8-6-15(7-9-16)14-2-1-3-14/h6-9,13-14,17-20H,1-5,10-12H2. The molecule has 0 aromatic heterocycles. The average Bonchev–Trinajstić information content (AvgIpc) is 3.00. The first-order valence-electron chi connectivity index (χ1n) is 8.57. The number of rotatable bonds is 4. The smallest absolute Gasteiger partial charge is 0.0792 e. The van der Waals surface area contributed by atoms with E-state index in [1.165, 1.54) is 50.5 Å². The van der Waals surface area contributed by atoms with Crippen LogP contribution in [0.4, 0.5) is 0 Å². The van der Waals surface area contributed by atoms with E-state index in [2.05, 4.69) is 24.3 Å². The van der Waals surface area contributed by atoms with Gasteiger partial charge in [-0.3, -0.25) is 0 Å². The Morgan fingerprint density at radius 2 is 1.80 bits per heavy atom. The number of aliphatic hydroxyl groups is 1. The molecule has 2 bridgehead atoms. The van der Waals surface area contributed by atoms with Crippen LogP contribution in [0.1, 0.15) is 74.5 Å². The fourth-order valence-electron chi connectivity index (χ4n) is 4.82. The topological polar surface area (TPSA) is 20.2 Å². The van der Waals surface area contributed by atoms with Gasteiger partial charge in [0.2, 0.25) is 0 Å². The largest absolute Gasteiger partial charge is 0.388 e. The van der Waals surface area contributed by atoms with Crippen molar-refractivity contribution in [3.8, 4) is 0 Å². The lowest BCUT2D eigenvalue weighted by atomic mass is 9.79. The van der Waals surface area contributed by atoms with Crippen LogP contribution in [0, 0.1) is 17.8 Å². The Balaban J connectivity index is 1.39. The maximum Gasteiger partial charge on any atom is 0.0792 e. The molecule has 3 aliphatic carbocycles. The fraction of sp³-hybridized carbons (Fsp3) is 0.684. The highest BCUT2D eigenvalue weighted by Crippen LogP contribution is 2.51. The minimum Gasteiger partial charge on any atom is -0.388 e. The van der Waals surface area contributed by atoms with Crippen molar-refractivity contribution in [2.24, 2.45) is 17.8 Å². The van der Waals surface area contributed by atoms with Crippen molar-refractivity contribution < 1.29 is 5.11 Å². The molecule has 4 unspecified atom stereocenters. The SMILES string of the molecule is OC(CC1CC2CCC1C2)c1ccc(C2CCC2)cc1. The van der Waals surface area contributed by atoms with Crippen LogP contribution in [-0.2, 0) is 0 Å². The van der Waals surface area contributed by atoms with E-state index in [1.54, 1.807) is 0 Å². The number of hydrogen-bond donors (Lipinski definition) is 1. The quantitative estimate of drug-likeness (QED) is 0.832. The second-order valence-electron chi connectivity index (χ2n) is 7.48. The van der Waals surface area contributed by atoms with Gasteiger partial charge in [-0.15, -0.1) is 0 Å². The van der Waals surface area contributed by atoms with Crippen molar-refractivity contribution in [1.29, 1.82) is 0 Å². The van der Waals surface area contributed by atoms with Gasteiger partial charge in [-0.25, -0.2) is 0 Å². The molecule has 4 atom stereocenters. The summed E-state index contributed by atoms with van der Waals surface area (Å²) in [6.45, 7) is 0. The molecular weight excluding hydrogens is 244 g/mol. The van der Waals surface area contributed by atoms with Gasteiger partial charge in [0.1, 0.15) is 0 Å². The lowest BCUT2D eigenvalue weighted by Crippen LogP contribution is -2.14. The predicted octanol–water partition coefficient (Wildman–Crippen LogP) is 4.81. The molecule has 3 saturated carbocycles. The molecule has 3 fully saturated rings. The molecule has 20 heavy (non-hydrogen) atoms. The first-order chi connectivity index (χ1) is 9.79. The van der Waals surface area contributed by atoms with Crippen LogP contribution < -0.4 is 0 Å². The minimum absolute atomic E-state index is 0.241. The molecule has 0 spiro atoms. The number of fused-ring (bicyclic) bond motifs is 2. The van der Waals surface area contributed by atoms with Crippen LogP contribution in [0.3, 0.4) is 0 Å². The maximum absolute atomic E-state index is 10.5. The Kier molecular flexibility index (Phi) is 3.34. The second-order valence-corrected chi connectivity index (χ2v) is 7.48. The Hall–Kier alpha value is -0.820. The first kappa shape index (κ1) is 12.9. The van der Waals surface area contributed by atoms with E-state index < -0.39 is 0 Å². The molecule has 1 nitrogen and oxygen atoms in total. The van der Waals surface area contributed by atoms with E-state index in [0.29, 0.717) is 0 Å². The summed E-state index contributed by atoms with van der Waals surface area (Å²) < 4.78 is 0. The minimum atomic E-state index is -0.241. The Labute approximate surface area is 122 Å². The van der Waals surface area contributed by atoms with Gasteiger partial charge in [-0.1, -0.05) is 37.1 Å². The van der Waals surface area contributed by atoms with Crippen LogP contribution in [0.15, 0.2) is 24.3 Å². The van der Waals surface area contributed by atoms with E-state index in [0.717, 1.165) is 35.7 Å². The maximum atomic E-state index is 10.5. The van der Waals surface area contributed by atoms with Crippen molar-refractivity contribution in [3.05, 3.63) is 35.4 Å². The molecule has 1 aromatic carbocycles. The lowest BCUT2D eigenvalue weighted by molar-refractivity contribution is 0.125.